The fourth-order valence-electron chi connectivity index (χ4n) is 2.24. The summed E-state index contributed by atoms with van der Waals surface area (Å²) in [6.45, 7) is 0. The molecule has 1 aliphatic rings. The third-order valence-corrected chi connectivity index (χ3v) is 3.14. The second-order valence-corrected chi connectivity index (χ2v) is 4.47. The van der Waals surface area contributed by atoms with E-state index in [1.54, 1.807) is 0 Å². The highest BCUT2D eigenvalue weighted by molar-refractivity contribution is 6.52. The lowest BCUT2D eigenvalue weighted by atomic mass is 10.0. The third-order valence-electron chi connectivity index (χ3n) is 3.14. The van der Waals surface area contributed by atoms with E-state index in [1.807, 2.05) is 6.07 Å². The minimum atomic E-state index is -0.882. The number of rotatable bonds is 1. The van der Waals surface area contributed by atoms with Crippen LogP contribution >= 0.6 is 0 Å². The topological polar surface area (TPSA) is 66.9 Å². The summed E-state index contributed by atoms with van der Waals surface area (Å²) in [5, 5.41) is 21.0. The van der Waals surface area contributed by atoms with E-state index < -0.39 is 17.4 Å². The summed E-state index contributed by atoms with van der Waals surface area (Å²) in [6.07, 6.45) is 0. The van der Waals surface area contributed by atoms with Crippen LogP contribution < -0.4 is 0 Å². The predicted octanol–water partition coefficient (Wildman–Crippen LogP) is 2.66. The first-order chi connectivity index (χ1) is 10.0. The number of hydrogen-bond acceptors (Lipinski definition) is 3. The highest BCUT2D eigenvalue weighted by Crippen LogP contribution is 2.29. The molecule has 102 valence electrons. The number of benzene rings is 2. The molecule has 0 radical (unpaired) electrons. The van der Waals surface area contributed by atoms with Crippen LogP contribution in [0.5, 0.6) is 0 Å². The Hall–Kier alpha value is -3.07. The first kappa shape index (κ1) is 12.9. The summed E-state index contributed by atoms with van der Waals surface area (Å²) in [4.78, 5) is 12.2. The van der Waals surface area contributed by atoms with Crippen LogP contribution in [0.15, 0.2) is 36.4 Å². The summed E-state index contributed by atoms with van der Waals surface area (Å²) in [6, 6.07) is 8.36. The molecule has 21 heavy (non-hydrogen) atoms. The Balaban J connectivity index is 2.22. The molecule has 0 atom stereocenters. The van der Waals surface area contributed by atoms with Gasteiger partial charge in [-0.25, -0.2) is 8.78 Å². The molecule has 3 rings (SSSR count). The van der Waals surface area contributed by atoms with Crippen molar-refractivity contribution < 1.29 is 18.3 Å². The molecule has 1 aliphatic heterocycles. The molecule has 0 unspecified atom stereocenters. The van der Waals surface area contributed by atoms with Gasteiger partial charge in [-0.15, -0.1) is 0 Å². The molecule has 1 heterocycles. The number of halogens is 2. The van der Waals surface area contributed by atoms with Gasteiger partial charge in [-0.1, -0.05) is 0 Å². The maximum Gasteiger partial charge on any atom is 0.273 e. The zero-order chi connectivity index (χ0) is 15.1. The second kappa shape index (κ2) is 4.49. The largest absolute Gasteiger partial charge is 0.618 e. The van der Waals surface area contributed by atoms with Crippen LogP contribution in [0.4, 0.5) is 14.5 Å². The molecule has 0 aliphatic carbocycles. The van der Waals surface area contributed by atoms with Crippen LogP contribution in [-0.4, -0.2) is 16.2 Å². The maximum absolute atomic E-state index is 13.3. The summed E-state index contributed by atoms with van der Waals surface area (Å²) in [7, 11) is 0. The minimum Gasteiger partial charge on any atom is -0.618 e. The first-order valence-electron chi connectivity index (χ1n) is 5.91. The highest BCUT2D eigenvalue weighted by Gasteiger charge is 2.37. The molecule has 0 saturated carbocycles. The van der Waals surface area contributed by atoms with Crippen LogP contribution in [0.25, 0.3) is 0 Å². The number of ketones is 1. The van der Waals surface area contributed by atoms with Crippen molar-refractivity contribution in [1.82, 2.24) is 0 Å². The van der Waals surface area contributed by atoms with E-state index in [2.05, 4.69) is 0 Å². The summed E-state index contributed by atoms with van der Waals surface area (Å²) < 4.78 is 26.8. The Morgan fingerprint density at radius 1 is 1.10 bits per heavy atom. The fourth-order valence-corrected chi connectivity index (χ4v) is 2.24. The quantitative estimate of drug-likeness (QED) is 0.597. The number of fused-ring (bicyclic) bond motifs is 1. The molecular formula is C15H6F2N2O2. The molecule has 6 heteroatoms. The Morgan fingerprint density at radius 2 is 1.76 bits per heavy atom. The van der Waals surface area contributed by atoms with Gasteiger partial charge in [-0.05, 0) is 24.3 Å². The lowest BCUT2D eigenvalue weighted by molar-refractivity contribution is -0.355. The van der Waals surface area contributed by atoms with Crippen LogP contribution in [0, 0.1) is 28.2 Å². The minimum absolute atomic E-state index is 0.00119. The first-order valence-corrected chi connectivity index (χ1v) is 5.91. The summed E-state index contributed by atoms with van der Waals surface area (Å²) >= 11 is 0. The van der Waals surface area contributed by atoms with Gasteiger partial charge in [0.2, 0.25) is 5.69 Å². The number of nitriles is 1. The van der Waals surface area contributed by atoms with E-state index in [-0.39, 0.29) is 28.1 Å². The zero-order valence-corrected chi connectivity index (χ0v) is 10.4. The molecule has 0 amide bonds. The summed E-state index contributed by atoms with van der Waals surface area (Å²) in [5.74, 6) is -2.39. The molecule has 0 N–H and O–H groups in total. The van der Waals surface area contributed by atoms with E-state index in [1.165, 1.54) is 18.2 Å². The Morgan fingerprint density at radius 3 is 2.38 bits per heavy atom. The van der Waals surface area contributed by atoms with Gasteiger partial charge in [0.05, 0.1) is 17.2 Å². The highest BCUT2D eigenvalue weighted by atomic mass is 19.1. The number of Topliss-reactive ketones (excluding diaryl/α,β-unsaturated/α-hetero) is 1. The average molecular weight is 284 g/mol. The molecule has 0 spiro atoms. The predicted molar refractivity (Wildman–Crippen MR) is 69.2 cm³/mol. The number of hydrogen-bond donors (Lipinski definition) is 0. The third kappa shape index (κ3) is 1.96. The van der Waals surface area contributed by atoms with Crippen molar-refractivity contribution in [3.8, 4) is 6.07 Å². The van der Waals surface area contributed by atoms with Gasteiger partial charge in [0.25, 0.3) is 11.5 Å². The molecule has 0 bridgehead atoms. The lowest BCUT2D eigenvalue weighted by Gasteiger charge is -2.02. The van der Waals surface area contributed by atoms with Crippen molar-refractivity contribution >= 4 is 17.2 Å². The lowest BCUT2D eigenvalue weighted by Crippen LogP contribution is -2.17. The van der Waals surface area contributed by atoms with Gasteiger partial charge in [0, 0.05) is 12.1 Å². The zero-order valence-electron chi connectivity index (χ0n) is 10.4. The van der Waals surface area contributed by atoms with E-state index in [9.17, 15) is 18.8 Å². The number of nitrogens with zero attached hydrogens (tertiary/aromatic N) is 2. The molecule has 4 nitrogen and oxygen atoms in total. The summed E-state index contributed by atoms with van der Waals surface area (Å²) in [5.41, 5.74) is -0.183. The van der Waals surface area contributed by atoms with Gasteiger partial charge in [-0.2, -0.15) is 10.0 Å². The van der Waals surface area contributed by atoms with E-state index in [0.717, 1.165) is 12.1 Å². The number of carbonyl (C=O) groups is 1. The maximum atomic E-state index is 13.3. The monoisotopic (exact) mass is 284 g/mol. The van der Waals surface area contributed by atoms with Crippen molar-refractivity contribution in [1.29, 1.82) is 5.26 Å². The molecule has 2 aromatic rings. The SMILES string of the molecule is N#Cc1ccc2c(c1)[N+]([O-])=C(c1cc(F)cc(F)c1)C2=O. The van der Waals surface area contributed by atoms with Gasteiger partial charge >= 0.3 is 0 Å². The molecule has 2 aromatic carbocycles. The fraction of sp³-hybridized carbons (Fsp3) is 0. The molecule has 0 saturated heterocycles. The molecule has 0 fully saturated rings. The van der Waals surface area contributed by atoms with Crippen LogP contribution in [0.3, 0.4) is 0 Å². The Labute approximate surface area is 117 Å². The van der Waals surface area contributed by atoms with Crippen LogP contribution in [0.2, 0.25) is 0 Å². The van der Waals surface area contributed by atoms with Crippen molar-refractivity contribution in [3.63, 3.8) is 0 Å². The average Bonchev–Trinajstić information content (AvgIpc) is 2.69. The van der Waals surface area contributed by atoms with Crippen molar-refractivity contribution in [2.24, 2.45) is 0 Å². The Bertz CT molecular complexity index is 846. The second-order valence-electron chi connectivity index (χ2n) is 4.47. The van der Waals surface area contributed by atoms with E-state index in [4.69, 9.17) is 5.26 Å². The van der Waals surface area contributed by atoms with Gasteiger partial charge < -0.3 is 5.21 Å². The number of carbonyl (C=O) groups excluding carboxylic acids is 1. The molecular weight excluding hydrogens is 278 g/mol. The normalized spacial score (nSPS) is 13.3. The van der Waals surface area contributed by atoms with Gasteiger partial charge in [0.1, 0.15) is 17.2 Å². The van der Waals surface area contributed by atoms with Gasteiger partial charge in [0.15, 0.2) is 0 Å². The van der Waals surface area contributed by atoms with E-state index >= 15 is 0 Å². The smallest absolute Gasteiger partial charge is 0.273 e. The molecule has 0 aromatic heterocycles. The van der Waals surface area contributed by atoms with Crippen molar-refractivity contribution in [2.45, 2.75) is 0 Å². The van der Waals surface area contributed by atoms with Gasteiger partial charge in [-0.3, -0.25) is 4.79 Å². The van der Waals surface area contributed by atoms with E-state index in [0.29, 0.717) is 10.8 Å². The standard InChI is InChI=1S/C15H6F2N2O2/c16-10-4-9(5-11(17)6-10)14-15(20)12-2-1-8(7-18)3-13(12)19(14)21/h1-6H. The van der Waals surface area contributed by atoms with Crippen LogP contribution in [0.1, 0.15) is 21.5 Å². The van der Waals surface area contributed by atoms with Crippen molar-refractivity contribution in [3.05, 3.63) is 69.9 Å². The van der Waals surface area contributed by atoms with Crippen molar-refractivity contribution in [2.75, 3.05) is 0 Å². The van der Waals surface area contributed by atoms with Crippen LogP contribution in [-0.2, 0) is 0 Å². The Kier molecular flexibility index (Phi) is 2.77.